The molecule has 0 atom stereocenters. The fraction of sp³-hybridized carbons (Fsp3) is 0.286. The van der Waals surface area contributed by atoms with Crippen LogP contribution in [0.4, 0.5) is 8.78 Å². The molecule has 7 heteroatoms. The summed E-state index contributed by atoms with van der Waals surface area (Å²) in [6.45, 7) is -0.522. The second-order valence-corrected chi connectivity index (χ2v) is 4.55. The molecular weight excluding hydrogens is 282 g/mol. The van der Waals surface area contributed by atoms with Gasteiger partial charge in [0.1, 0.15) is 0 Å². The van der Waals surface area contributed by atoms with Crippen LogP contribution in [-0.2, 0) is 6.54 Å². The number of aromatic carboxylic acids is 1. The Morgan fingerprint density at radius 1 is 1.38 bits per heavy atom. The molecule has 1 aromatic heterocycles. The van der Waals surface area contributed by atoms with Gasteiger partial charge in [-0.15, -0.1) is 0 Å². The van der Waals surface area contributed by atoms with Crippen molar-refractivity contribution in [2.75, 3.05) is 13.6 Å². The molecule has 0 unspecified atom stereocenters. The summed E-state index contributed by atoms with van der Waals surface area (Å²) in [4.78, 5) is 16.4. The number of nitrogens with zero attached hydrogens (tertiary/aromatic N) is 2. The molecule has 112 valence electrons. The van der Waals surface area contributed by atoms with Crippen LogP contribution in [0, 0.1) is 0 Å². The van der Waals surface area contributed by atoms with Gasteiger partial charge in [0, 0.05) is 5.56 Å². The average Bonchev–Trinajstić information content (AvgIpc) is 2.82. The zero-order valence-corrected chi connectivity index (χ0v) is 11.3. The van der Waals surface area contributed by atoms with Gasteiger partial charge in [-0.2, -0.15) is 0 Å². The number of carbonyl (C=O) groups is 1. The van der Waals surface area contributed by atoms with Crippen molar-refractivity contribution in [1.29, 1.82) is 0 Å². The third-order valence-electron chi connectivity index (χ3n) is 2.78. The van der Waals surface area contributed by atoms with E-state index in [0.717, 1.165) is 0 Å². The number of benzene rings is 1. The van der Waals surface area contributed by atoms with E-state index in [1.165, 1.54) is 11.9 Å². The predicted octanol–water partition coefficient (Wildman–Crippen LogP) is 2.74. The molecule has 0 spiro atoms. The summed E-state index contributed by atoms with van der Waals surface area (Å²) in [5, 5.41) is 9.13. The number of carboxylic acid groups (broad SMARTS) is 1. The molecule has 1 aromatic carbocycles. The molecule has 0 amide bonds. The van der Waals surface area contributed by atoms with Gasteiger partial charge in [-0.05, 0) is 19.2 Å². The van der Waals surface area contributed by atoms with Crippen LogP contribution in [0.2, 0.25) is 0 Å². The topological polar surface area (TPSA) is 66.6 Å². The normalized spacial score (nSPS) is 11.3. The lowest BCUT2D eigenvalue weighted by Gasteiger charge is -2.13. The zero-order chi connectivity index (χ0) is 15.4. The van der Waals surface area contributed by atoms with E-state index in [1.807, 2.05) is 6.07 Å². The molecule has 0 bridgehead atoms. The Morgan fingerprint density at radius 2 is 2.05 bits per heavy atom. The van der Waals surface area contributed by atoms with Crippen LogP contribution < -0.4 is 0 Å². The highest BCUT2D eigenvalue weighted by atomic mass is 19.3. The molecule has 5 nitrogen and oxygen atoms in total. The van der Waals surface area contributed by atoms with E-state index in [2.05, 4.69) is 4.98 Å². The molecule has 21 heavy (non-hydrogen) atoms. The van der Waals surface area contributed by atoms with Gasteiger partial charge in [0.15, 0.2) is 11.5 Å². The minimum Gasteiger partial charge on any atom is -0.476 e. The highest BCUT2D eigenvalue weighted by Crippen LogP contribution is 2.23. The molecule has 1 heterocycles. The van der Waals surface area contributed by atoms with Crippen LogP contribution in [0.15, 0.2) is 34.7 Å². The third-order valence-corrected chi connectivity index (χ3v) is 2.78. The zero-order valence-electron chi connectivity index (χ0n) is 11.3. The Balaban J connectivity index is 2.28. The first-order chi connectivity index (χ1) is 9.97. The quantitative estimate of drug-likeness (QED) is 0.887. The van der Waals surface area contributed by atoms with E-state index < -0.39 is 18.9 Å². The molecular formula is C14H14F2N2O3. The van der Waals surface area contributed by atoms with E-state index in [-0.39, 0.29) is 23.9 Å². The number of oxazole rings is 1. The molecule has 0 saturated heterocycles. The van der Waals surface area contributed by atoms with Gasteiger partial charge in [0.05, 0.1) is 13.1 Å². The van der Waals surface area contributed by atoms with E-state index in [9.17, 15) is 13.6 Å². The van der Waals surface area contributed by atoms with Crippen molar-refractivity contribution >= 4 is 5.97 Å². The maximum absolute atomic E-state index is 12.3. The SMILES string of the molecule is CN(Cc1oc(-c2ccccc2)nc1C(=O)O)CC(F)F. The summed E-state index contributed by atoms with van der Waals surface area (Å²) in [7, 11) is 1.46. The van der Waals surface area contributed by atoms with Crippen LogP contribution in [0.3, 0.4) is 0 Å². The molecule has 2 aromatic rings. The van der Waals surface area contributed by atoms with E-state index in [0.29, 0.717) is 5.56 Å². The van der Waals surface area contributed by atoms with Gasteiger partial charge in [0.2, 0.25) is 5.89 Å². The summed E-state index contributed by atoms with van der Waals surface area (Å²) < 4.78 is 30.1. The summed E-state index contributed by atoms with van der Waals surface area (Å²) in [5.41, 5.74) is 0.373. The maximum atomic E-state index is 12.3. The monoisotopic (exact) mass is 296 g/mol. The Labute approximate surface area is 119 Å². The summed E-state index contributed by atoms with van der Waals surface area (Å²) in [6, 6.07) is 8.79. The van der Waals surface area contributed by atoms with Crippen molar-refractivity contribution < 1.29 is 23.1 Å². The van der Waals surface area contributed by atoms with Crippen LogP contribution in [0.1, 0.15) is 16.2 Å². The van der Waals surface area contributed by atoms with Gasteiger partial charge in [-0.1, -0.05) is 18.2 Å². The van der Waals surface area contributed by atoms with Gasteiger partial charge >= 0.3 is 5.97 Å². The first-order valence-corrected chi connectivity index (χ1v) is 6.22. The number of carboxylic acids is 1. The lowest BCUT2D eigenvalue weighted by Crippen LogP contribution is -2.24. The number of aromatic nitrogens is 1. The fourth-order valence-corrected chi connectivity index (χ4v) is 1.88. The summed E-state index contributed by atoms with van der Waals surface area (Å²) in [5.74, 6) is -1.03. The molecule has 0 saturated carbocycles. The highest BCUT2D eigenvalue weighted by molar-refractivity contribution is 5.87. The Kier molecular flexibility index (Phi) is 4.64. The highest BCUT2D eigenvalue weighted by Gasteiger charge is 2.22. The standard InChI is InChI=1S/C14H14F2N2O3/c1-18(8-11(15)16)7-10-12(14(19)20)17-13(21-10)9-5-3-2-4-6-9/h2-6,11H,7-8H2,1H3,(H,19,20). The third kappa shape index (κ3) is 3.85. The molecule has 0 aliphatic heterocycles. The first kappa shape index (κ1) is 15.1. The molecule has 2 rings (SSSR count). The Morgan fingerprint density at radius 3 is 2.62 bits per heavy atom. The first-order valence-electron chi connectivity index (χ1n) is 6.22. The van der Waals surface area contributed by atoms with Crippen molar-refractivity contribution in [3.8, 4) is 11.5 Å². The molecule has 0 aliphatic rings. The number of hydrogen-bond acceptors (Lipinski definition) is 4. The van der Waals surface area contributed by atoms with Crippen molar-refractivity contribution in [3.63, 3.8) is 0 Å². The van der Waals surface area contributed by atoms with Gasteiger partial charge < -0.3 is 9.52 Å². The van der Waals surface area contributed by atoms with Crippen LogP contribution >= 0.6 is 0 Å². The van der Waals surface area contributed by atoms with Crippen molar-refractivity contribution in [2.45, 2.75) is 13.0 Å². The van der Waals surface area contributed by atoms with E-state index in [4.69, 9.17) is 9.52 Å². The summed E-state index contributed by atoms with van der Waals surface area (Å²) >= 11 is 0. The maximum Gasteiger partial charge on any atom is 0.358 e. The fourth-order valence-electron chi connectivity index (χ4n) is 1.88. The van der Waals surface area contributed by atoms with Crippen LogP contribution in [-0.4, -0.2) is 41.0 Å². The number of hydrogen-bond donors (Lipinski definition) is 1. The van der Waals surface area contributed by atoms with Gasteiger partial charge in [-0.25, -0.2) is 18.6 Å². The van der Waals surface area contributed by atoms with Crippen LogP contribution in [0.5, 0.6) is 0 Å². The largest absolute Gasteiger partial charge is 0.476 e. The van der Waals surface area contributed by atoms with E-state index in [1.54, 1.807) is 24.3 Å². The molecule has 0 fully saturated rings. The van der Waals surface area contributed by atoms with Crippen molar-refractivity contribution in [3.05, 3.63) is 41.8 Å². The lowest BCUT2D eigenvalue weighted by atomic mass is 10.2. The molecule has 1 N–H and O–H groups in total. The van der Waals surface area contributed by atoms with Crippen molar-refractivity contribution in [1.82, 2.24) is 9.88 Å². The minimum atomic E-state index is -2.50. The van der Waals surface area contributed by atoms with Crippen molar-refractivity contribution in [2.24, 2.45) is 0 Å². The predicted molar refractivity (Wildman–Crippen MR) is 71.2 cm³/mol. The minimum absolute atomic E-state index is 0.0498. The van der Waals surface area contributed by atoms with E-state index >= 15 is 0 Å². The lowest BCUT2D eigenvalue weighted by molar-refractivity contribution is 0.0685. The second-order valence-electron chi connectivity index (χ2n) is 4.55. The smallest absolute Gasteiger partial charge is 0.358 e. The molecule has 0 aliphatic carbocycles. The van der Waals surface area contributed by atoms with Crippen LogP contribution in [0.25, 0.3) is 11.5 Å². The Bertz CT molecular complexity index is 614. The number of halogens is 2. The average molecular weight is 296 g/mol. The van der Waals surface area contributed by atoms with Gasteiger partial charge in [0.25, 0.3) is 6.43 Å². The molecule has 0 radical (unpaired) electrons. The second kappa shape index (κ2) is 6.45. The Hall–Kier alpha value is -2.28. The number of alkyl halides is 2. The summed E-state index contributed by atoms with van der Waals surface area (Å²) in [6.07, 6.45) is -2.50. The van der Waals surface area contributed by atoms with Gasteiger partial charge in [-0.3, -0.25) is 4.90 Å². The number of rotatable bonds is 6.